The molecule has 4 rings (SSSR count). The quantitative estimate of drug-likeness (QED) is 0.519. The third-order valence-electron chi connectivity index (χ3n) is 5.27. The molecule has 5 heteroatoms. The maximum absolute atomic E-state index is 12.8. The monoisotopic (exact) mass is 420 g/mol. The first-order valence-electron chi connectivity index (χ1n) is 10.3. The fraction of sp³-hybridized carbons (Fsp3) is 0.240. The Morgan fingerprint density at radius 2 is 1.63 bits per heavy atom. The topological polar surface area (TPSA) is 41.6 Å². The number of nitrogens with zero attached hydrogens (tertiary/aromatic N) is 1. The molecule has 1 N–H and O–H groups in total. The second-order valence-electron chi connectivity index (χ2n) is 7.44. The number of benzene rings is 3. The van der Waals surface area contributed by atoms with E-state index >= 15 is 0 Å². The van der Waals surface area contributed by atoms with Crippen LogP contribution in [0.5, 0.6) is 5.75 Å². The SMILES string of the molecule is O=C(Nc1cccc(Cl)c1N1CCCCC1)c1ccc(OCc2ccccc2)cc1. The van der Waals surface area contributed by atoms with E-state index in [0.29, 0.717) is 17.2 Å². The summed E-state index contributed by atoms with van der Waals surface area (Å²) in [7, 11) is 0. The molecule has 0 atom stereocenters. The largest absolute Gasteiger partial charge is 0.489 e. The lowest BCUT2D eigenvalue weighted by molar-refractivity contribution is 0.102. The van der Waals surface area contributed by atoms with Gasteiger partial charge in [0.2, 0.25) is 0 Å². The van der Waals surface area contributed by atoms with Gasteiger partial charge in [-0.05, 0) is 61.2 Å². The van der Waals surface area contributed by atoms with Crippen molar-refractivity contribution in [1.82, 2.24) is 0 Å². The zero-order chi connectivity index (χ0) is 20.8. The average Bonchev–Trinajstić information content (AvgIpc) is 2.79. The molecule has 30 heavy (non-hydrogen) atoms. The Kier molecular flexibility index (Phi) is 6.55. The number of para-hydroxylation sites is 1. The number of amides is 1. The van der Waals surface area contributed by atoms with Crippen LogP contribution >= 0.6 is 11.6 Å². The van der Waals surface area contributed by atoms with Crippen LogP contribution < -0.4 is 15.0 Å². The van der Waals surface area contributed by atoms with Crippen molar-refractivity contribution < 1.29 is 9.53 Å². The Labute approximate surface area is 182 Å². The van der Waals surface area contributed by atoms with Crippen molar-refractivity contribution in [1.29, 1.82) is 0 Å². The number of ether oxygens (including phenoxy) is 1. The molecule has 1 aliphatic rings. The summed E-state index contributed by atoms with van der Waals surface area (Å²) < 4.78 is 5.80. The normalized spacial score (nSPS) is 13.7. The molecule has 1 aliphatic heterocycles. The Morgan fingerprint density at radius 3 is 2.37 bits per heavy atom. The Bertz CT molecular complexity index is 984. The lowest BCUT2D eigenvalue weighted by atomic mass is 10.1. The number of piperidine rings is 1. The lowest BCUT2D eigenvalue weighted by Gasteiger charge is -2.31. The summed E-state index contributed by atoms with van der Waals surface area (Å²) in [5.74, 6) is 0.567. The Hall–Kier alpha value is -2.98. The molecular weight excluding hydrogens is 396 g/mol. The standard InChI is InChI=1S/C25H25ClN2O2/c26-22-10-7-11-23(24(22)28-16-5-2-6-17-28)27-25(29)20-12-14-21(15-13-20)30-18-19-8-3-1-4-9-19/h1,3-4,7-15H,2,5-6,16-18H2,(H,27,29). The van der Waals surface area contributed by atoms with Crippen molar-refractivity contribution >= 4 is 28.9 Å². The minimum Gasteiger partial charge on any atom is -0.489 e. The van der Waals surface area contributed by atoms with Gasteiger partial charge in [0.15, 0.2) is 0 Å². The van der Waals surface area contributed by atoms with Crippen molar-refractivity contribution in [3.63, 3.8) is 0 Å². The molecule has 3 aromatic carbocycles. The molecule has 4 nitrogen and oxygen atoms in total. The van der Waals surface area contributed by atoms with Gasteiger partial charge < -0.3 is 15.0 Å². The lowest BCUT2D eigenvalue weighted by Crippen LogP contribution is -2.30. The van der Waals surface area contributed by atoms with Gasteiger partial charge in [0.05, 0.1) is 16.4 Å². The summed E-state index contributed by atoms with van der Waals surface area (Å²) in [5.41, 5.74) is 3.34. The van der Waals surface area contributed by atoms with Gasteiger partial charge in [0.25, 0.3) is 5.91 Å². The zero-order valence-corrected chi connectivity index (χ0v) is 17.6. The number of halogens is 1. The summed E-state index contributed by atoms with van der Waals surface area (Å²) in [6, 6.07) is 22.8. The molecule has 0 aromatic heterocycles. The second kappa shape index (κ2) is 9.68. The Balaban J connectivity index is 1.43. The van der Waals surface area contributed by atoms with E-state index in [-0.39, 0.29) is 5.91 Å². The summed E-state index contributed by atoms with van der Waals surface area (Å²) in [4.78, 5) is 15.1. The zero-order valence-electron chi connectivity index (χ0n) is 16.8. The van der Waals surface area contributed by atoms with Gasteiger partial charge in [-0.1, -0.05) is 48.0 Å². The second-order valence-corrected chi connectivity index (χ2v) is 7.84. The van der Waals surface area contributed by atoms with E-state index in [1.54, 1.807) is 12.1 Å². The average molecular weight is 421 g/mol. The molecule has 3 aromatic rings. The van der Waals surface area contributed by atoms with E-state index in [9.17, 15) is 4.79 Å². The maximum atomic E-state index is 12.8. The fourth-order valence-electron chi connectivity index (χ4n) is 3.69. The molecule has 1 amide bonds. The molecule has 1 fully saturated rings. The third kappa shape index (κ3) is 4.95. The summed E-state index contributed by atoms with van der Waals surface area (Å²) >= 11 is 6.49. The highest BCUT2D eigenvalue weighted by Gasteiger charge is 2.19. The van der Waals surface area contributed by atoms with Crippen LogP contribution in [0, 0.1) is 0 Å². The summed E-state index contributed by atoms with van der Waals surface area (Å²) in [6.45, 7) is 2.41. The van der Waals surface area contributed by atoms with Crippen molar-refractivity contribution in [3.8, 4) is 5.75 Å². The first kappa shape index (κ1) is 20.3. The first-order chi connectivity index (χ1) is 14.7. The van der Waals surface area contributed by atoms with Gasteiger partial charge in [-0.25, -0.2) is 0 Å². The van der Waals surface area contributed by atoms with Crippen LogP contribution in [-0.2, 0) is 6.61 Å². The fourth-order valence-corrected chi connectivity index (χ4v) is 3.99. The highest BCUT2D eigenvalue weighted by Crippen LogP contribution is 2.35. The van der Waals surface area contributed by atoms with Crippen molar-refractivity contribution in [2.24, 2.45) is 0 Å². The molecule has 154 valence electrons. The maximum Gasteiger partial charge on any atom is 0.255 e. The van der Waals surface area contributed by atoms with Gasteiger partial charge in [-0.3, -0.25) is 4.79 Å². The number of carbonyl (C=O) groups excluding carboxylic acids is 1. The highest BCUT2D eigenvalue weighted by atomic mass is 35.5. The van der Waals surface area contributed by atoms with Gasteiger partial charge in [0.1, 0.15) is 12.4 Å². The van der Waals surface area contributed by atoms with Crippen LogP contribution in [0.4, 0.5) is 11.4 Å². The molecule has 0 spiro atoms. The molecule has 0 unspecified atom stereocenters. The predicted octanol–water partition coefficient (Wildman–Crippen LogP) is 6.16. The summed E-state index contributed by atoms with van der Waals surface area (Å²) in [6.07, 6.45) is 3.52. The molecule has 0 radical (unpaired) electrons. The van der Waals surface area contributed by atoms with E-state index in [1.165, 1.54) is 6.42 Å². The van der Waals surface area contributed by atoms with Crippen molar-refractivity contribution in [2.75, 3.05) is 23.3 Å². The number of hydrogen-bond acceptors (Lipinski definition) is 3. The first-order valence-corrected chi connectivity index (χ1v) is 10.7. The van der Waals surface area contributed by atoms with Gasteiger partial charge in [-0.2, -0.15) is 0 Å². The van der Waals surface area contributed by atoms with Crippen LogP contribution in [0.25, 0.3) is 0 Å². The number of nitrogens with one attached hydrogen (secondary N) is 1. The molecule has 1 saturated heterocycles. The Morgan fingerprint density at radius 1 is 0.900 bits per heavy atom. The van der Waals surface area contributed by atoms with Crippen molar-refractivity contribution in [2.45, 2.75) is 25.9 Å². The van der Waals surface area contributed by atoms with E-state index in [0.717, 1.165) is 48.6 Å². The van der Waals surface area contributed by atoms with E-state index in [4.69, 9.17) is 16.3 Å². The summed E-state index contributed by atoms with van der Waals surface area (Å²) in [5, 5.41) is 3.70. The number of hydrogen-bond donors (Lipinski definition) is 1. The van der Waals surface area contributed by atoms with Gasteiger partial charge in [0, 0.05) is 18.7 Å². The minimum atomic E-state index is -0.162. The third-order valence-corrected chi connectivity index (χ3v) is 5.58. The van der Waals surface area contributed by atoms with Crippen LogP contribution in [0.15, 0.2) is 72.8 Å². The van der Waals surface area contributed by atoms with E-state index in [2.05, 4.69) is 10.2 Å². The van der Waals surface area contributed by atoms with Crippen LogP contribution in [0.1, 0.15) is 35.2 Å². The highest BCUT2D eigenvalue weighted by molar-refractivity contribution is 6.34. The number of carbonyl (C=O) groups is 1. The van der Waals surface area contributed by atoms with Crippen molar-refractivity contribution in [3.05, 3.63) is 88.9 Å². The molecule has 0 bridgehead atoms. The van der Waals surface area contributed by atoms with Gasteiger partial charge in [-0.15, -0.1) is 0 Å². The van der Waals surface area contributed by atoms with Gasteiger partial charge >= 0.3 is 0 Å². The minimum absolute atomic E-state index is 0.162. The smallest absolute Gasteiger partial charge is 0.255 e. The molecular formula is C25H25ClN2O2. The number of anilines is 2. The molecule has 1 heterocycles. The molecule has 0 saturated carbocycles. The van der Waals surface area contributed by atoms with Crippen LogP contribution in [0.2, 0.25) is 5.02 Å². The van der Waals surface area contributed by atoms with Crippen LogP contribution in [-0.4, -0.2) is 19.0 Å². The number of rotatable bonds is 6. The van der Waals surface area contributed by atoms with E-state index < -0.39 is 0 Å². The predicted molar refractivity (Wildman–Crippen MR) is 123 cm³/mol. The van der Waals surface area contributed by atoms with E-state index in [1.807, 2.05) is 60.7 Å². The molecule has 0 aliphatic carbocycles. The van der Waals surface area contributed by atoms with Crippen LogP contribution in [0.3, 0.4) is 0 Å².